The van der Waals surface area contributed by atoms with Gasteiger partial charge in [-0.2, -0.15) is 0 Å². The summed E-state index contributed by atoms with van der Waals surface area (Å²) in [6.45, 7) is 6.03. The van der Waals surface area contributed by atoms with Crippen LogP contribution in [-0.2, 0) is 0 Å². The Kier molecular flexibility index (Phi) is 8.37. The Bertz CT molecular complexity index is 1340. The highest BCUT2D eigenvalue weighted by Gasteiger charge is 2.29. The first-order chi connectivity index (χ1) is 18.4. The van der Waals surface area contributed by atoms with Crippen LogP contribution in [0.2, 0.25) is 10.0 Å². The maximum atomic E-state index is 13.9. The van der Waals surface area contributed by atoms with E-state index in [1.165, 1.54) is 31.5 Å². The highest BCUT2D eigenvalue weighted by Crippen LogP contribution is 2.39. The fourth-order valence-corrected chi connectivity index (χ4v) is 6.10. The zero-order valence-corrected chi connectivity index (χ0v) is 23.2. The van der Waals surface area contributed by atoms with Crippen molar-refractivity contribution < 1.29 is 9.59 Å². The lowest BCUT2D eigenvalue weighted by molar-refractivity contribution is 0.0985. The van der Waals surface area contributed by atoms with Gasteiger partial charge in [0, 0.05) is 28.5 Å². The van der Waals surface area contributed by atoms with Gasteiger partial charge in [0.25, 0.3) is 11.8 Å². The monoisotopic (exact) mass is 549 g/mol. The van der Waals surface area contributed by atoms with E-state index in [-0.39, 0.29) is 11.8 Å². The van der Waals surface area contributed by atoms with E-state index >= 15 is 0 Å². The third-order valence-electron chi connectivity index (χ3n) is 7.73. The molecule has 5 nitrogen and oxygen atoms in total. The lowest BCUT2D eigenvalue weighted by Gasteiger charge is -2.26. The second-order valence-corrected chi connectivity index (χ2v) is 11.1. The number of carbonyl (C=O) groups is 2. The Morgan fingerprint density at radius 3 is 2.47 bits per heavy atom. The number of hydrogen-bond donors (Lipinski definition) is 1. The van der Waals surface area contributed by atoms with E-state index in [4.69, 9.17) is 23.2 Å². The smallest absolute Gasteiger partial charge is 0.258 e. The first-order valence-electron chi connectivity index (χ1n) is 13.4. The lowest BCUT2D eigenvalue weighted by atomic mass is 9.91. The van der Waals surface area contributed by atoms with Gasteiger partial charge < -0.3 is 15.1 Å². The van der Waals surface area contributed by atoms with Crippen LogP contribution in [0, 0.1) is 6.92 Å². The van der Waals surface area contributed by atoms with Crippen LogP contribution in [0.25, 0.3) is 0 Å². The van der Waals surface area contributed by atoms with Gasteiger partial charge in [-0.05, 0) is 124 Å². The summed E-state index contributed by atoms with van der Waals surface area (Å²) < 4.78 is 0. The summed E-state index contributed by atoms with van der Waals surface area (Å²) >= 11 is 12.6. The minimum Gasteiger partial charge on any atom is -0.322 e. The predicted octanol–water partition coefficient (Wildman–Crippen LogP) is 7.56. The van der Waals surface area contributed by atoms with Crippen molar-refractivity contribution in [3.63, 3.8) is 0 Å². The molecule has 0 aromatic heterocycles. The van der Waals surface area contributed by atoms with Gasteiger partial charge >= 0.3 is 0 Å². The number of amides is 2. The van der Waals surface area contributed by atoms with Crippen molar-refractivity contribution in [2.45, 2.75) is 44.9 Å². The molecule has 0 aliphatic carbocycles. The van der Waals surface area contributed by atoms with Gasteiger partial charge in [-0.3, -0.25) is 9.59 Å². The summed E-state index contributed by atoms with van der Waals surface area (Å²) in [6.07, 6.45) is 5.63. The Hall–Kier alpha value is -2.86. The topological polar surface area (TPSA) is 52.7 Å². The number of fused-ring (bicyclic) bond motifs is 1. The van der Waals surface area contributed by atoms with Crippen LogP contribution < -0.4 is 10.2 Å². The quantitative estimate of drug-likeness (QED) is 0.345. The molecule has 7 heteroatoms. The highest BCUT2D eigenvalue weighted by molar-refractivity contribution is 6.34. The van der Waals surface area contributed by atoms with Crippen molar-refractivity contribution in [2.75, 3.05) is 36.4 Å². The third-order valence-corrected chi connectivity index (χ3v) is 8.29. The second-order valence-electron chi connectivity index (χ2n) is 10.3. The molecule has 1 N–H and O–H groups in total. The number of benzene rings is 3. The molecule has 2 aliphatic rings. The molecule has 198 valence electrons. The summed E-state index contributed by atoms with van der Waals surface area (Å²) in [6, 6.07) is 18.3. The number of nitrogens with zero attached hydrogens (tertiary/aromatic N) is 2. The van der Waals surface area contributed by atoms with Crippen LogP contribution in [-0.4, -0.2) is 42.9 Å². The van der Waals surface area contributed by atoms with Crippen LogP contribution in [0.15, 0.2) is 60.7 Å². The maximum absolute atomic E-state index is 13.9. The van der Waals surface area contributed by atoms with Crippen molar-refractivity contribution in [1.29, 1.82) is 0 Å². The number of aryl methyl sites for hydroxylation is 1. The summed E-state index contributed by atoms with van der Waals surface area (Å²) in [5.74, 6) is 0.0632. The number of hydrogen-bond acceptors (Lipinski definition) is 3. The van der Waals surface area contributed by atoms with Crippen molar-refractivity contribution in [3.05, 3.63) is 93.0 Å². The molecular weight excluding hydrogens is 517 g/mol. The molecule has 0 spiro atoms. The van der Waals surface area contributed by atoms with E-state index in [0.717, 1.165) is 37.1 Å². The number of likely N-dealkylation sites (tertiary alicyclic amines) is 1. The molecule has 0 saturated carbocycles. The lowest BCUT2D eigenvalue weighted by Crippen LogP contribution is -2.32. The predicted molar refractivity (Wildman–Crippen MR) is 156 cm³/mol. The van der Waals surface area contributed by atoms with Gasteiger partial charge in [0.05, 0.1) is 10.6 Å². The fourth-order valence-electron chi connectivity index (χ4n) is 5.70. The molecule has 38 heavy (non-hydrogen) atoms. The van der Waals surface area contributed by atoms with Gasteiger partial charge in [-0.25, -0.2) is 0 Å². The van der Waals surface area contributed by atoms with E-state index in [0.29, 0.717) is 39.3 Å². The molecule has 1 fully saturated rings. The molecular formula is C31H33Cl2N3O2. The van der Waals surface area contributed by atoms with E-state index in [1.807, 2.05) is 30.0 Å². The Morgan fingerprint density at radius 1 is 0.921 bits per heavy atom. The Morgan fingerprint density at radius 2 is 1.71 bits per heavy atom. The van der Waals surface area contributed by atoms with Crippen molar-refractivity contribution in [1.82, 2.24) is 4.90 Å². The molecule has 3 aromatic carbocycles. The van der Waals surface area contributed by atoms with Gasteiger partial charge in [0.2, 0.25) is 0 Å². The first kappa shape index (κ1) is 26.7. The molecule has 2 aliphatic heterocycles. The highest BCUT2D eigenvalue weighted by atomic mass is 35.5. The number of nitrogens with one attached hydrogen (secondary N) is 1. The Balaban J connectivity index is 1.36. The van der Waals surface area contributed by atoms with Crippen LogP contribution in [0.5, 0.6) is 0 Å². The minimum absolute atomic E-state index is 0.0322. The molecule has 1 saturated heterocycles. The van der Waals surface area contributed by atoms with E-state index < -0.39 is 0 Å². The molecule has 5 rings (SSSR count). The van der Waals surface area contributed by atoms with E-state index in [1.54, 1.807) is 36.4 Å². The molecule has 0 radical (unpaired) electrons. The zero-order valence-electron chi connectivity index (χ0n) is 21.7. The SMILES string of the molecule is Cc1cc(NC(=O)c2ccccc2Cl)ccc1C(=O)N1CCCC(CCN2CCCC2)c2cc(Cl)ccc21. The fraction of sp³-hybridized carbons (Fsp3) is 0.355. The van der Waals surface area contributed by atoms with E-state index in [9.17, 15) is 9.59 Å². The normalized spacial score (nSPS) is 17.7. The Labute approximate surface area is 234 Å². The standard InChI is InChI=1S/C31H33Cl2N3O2/c1-21-19-24(34-30(37)26-8-2-3-9-28(26)33)11-12-25(21)31(38)36-17-6-7-22(14-18-35-15-4-5-16-35)27-20-23(32)10-13-29(27)36/h2-3,8-13,19-20,22H,4-7,14-18H2,1H3,(H,34,37). The van der Waals surface area contributed by atoms with Gasteiger partial charge in [-0.1, -0.05) is 35.3 Å². The number of halogens is 2. The van der Waals surface area contributed by atoms with Gasteiger partial charge in [0.15, 0.2) is 0 Å². The van der Waals surface area contributed by atoms with Crippen molar-refractivity contribution in [2.24, 2.45) is 0 Å². The van der Waals surface area contributed by atoms with Crippen molar-refractivity contribution in [3.8, 4) is 0 Å². The summed E-state index contributed by atoms with van der Waals surface area (Å²) in [4.78, 5) is 31.0. The largest absolute Gasteiger partial charge is 0.322 e. The minimum atomic E-state index is -0.285. The van der Waals surface area contributed by atoms with Gasteiger partial charge in [-0.15, -0.1) is 0 Å². The number of rotatable bonds is 6. The van der Waals surface area contributed by atoms with Crippen LogP contribution in [0.1, 0.15) is 69.9 Å². The van der Waals surface area contributed by atoms with Crippen LogP contribution in [0.4, 0.5) is 11.4 Å². The number of anilines is 2. The average Bonchev–Trinajstić information content (AvgIpc) is 3.36. The van der Waals surface area contributed by atoms with Crippen LogP contribution >= 0.6 is 23.2 Å². The summed E-state index contributed by atoms with van der Waals surface area (Å²) in [7, 11) is 0. The molecule has 1 atom stereocenters. The maximum Gasteiger partial charge on any atom is 0.258 e. The number of carbonyl (C=O) groups excluding carboxylic acids is 2. The molecule has 0 bridgehead atoms. The molecule has 3 aromatic rings. The summed E-state index contributed by atoms with van der Waals surface area (Å²) in [5, 5.41) is 4.00. The second kappa shape index (κ2) is 11.9. The molecule has 2 amide bonds. The third kappa shape index (κ3) is 5.90. The zero-order chi connectivity index (χ0) is 26.6. The molecule has 2 heterocycles. The first-order valence-corrected chi connectivity index (χ1v) is 14.2. The van der Waals surface area contributed by atoms with Crippen LogP contribution in [0.3, 0.4) is 0 Å². The van der Waals surface area contributed by atoms with Gasteiger partial charge in [0.1, 0.15) is 0 Å². The van der Waals surface area contributed by atoms with Crippen molar-refractivity contribution >= 4 is 46.4 Å². The molecule has 1 unspecified atom stereocenters. The van der Waals surface area contributed by atoms with E-state index in [2.05, 4.69) is 16.3 Å². The average molecular weight is 551 g/mol. The summed E-state index contributed by atoms with van der Waals surface area (Å²) in [5.41, 5.74) is 4.58.